The third kappa shape index (κ3) is 5.42. The summed E-state index contributed by atoms with van der Waals surface area (Å²) in [6, 6.07) is 9.73. The van der Waals surface area contributed by atoms with E-state index >= 15 is 0 Å². The Bertz CT molecular complexity index is 1130. The van der Waals surface area contributed by atoms with Gasteiger partial charge in [0.25, 0.3) is 0 Å². The van der Waals surface area contributed by atoms with Crippen LogP contribution in [0.2, 0.25) is 0 Å². The van der Waals surface area contributed by atoms with Crippen molar-refractivity contribution in [2.24, 2.45) is 10.7 Å². The monoisotopic (exact) mass is 469 g/mol. The quantitative estimate of drug-likeness (QED) is 0.288. The number of benzene rings is 1. The van der Waals surface area contributed by atoms with E-state index in [1.807, 2.05) is 18.3 Å². The highest BCUT2D eigenvalue weighted by molar-refractivity contribution is 5.57. The van der Waals surface area contributed by atoms with Crippen molar-refractivity contribution >= 4 is 18.2 Å². The number of rotatable bonds is 10. The minimum atomic E-state index is 0.507. The molecule has 0 spiro atoms. The average molecular weight is 470 g/mol. The molecule has 4 rings (SSSR count). The van der Waals surface area contributed by atoms with Crippen LogP contribution >= 0.6 is 0 Å². The van der Waals surface area contributed by atoms with Crippen LogP contribution in [0.5, 0.6) is 0 Å². The van der Waals surface area contributed by atoms with E-state index in [1.165, 1.54) is 40.7 Å². The summed E-state index contributed by atoms with van der Waals surface area (Å²) in [5.41, 5.74) is 16.6. The molecular formula is C30H39N5. The van der Waals surface area contributed by atoms with Gasteiger partial charge < -0.3 is 10.6 Å². The molecule has 0 radical (unpaired) electrons. The Hall–Kier alpha value is -3.14. The van der Waals surface area contributed by atoms with Crippen LogP contribution in [0, 0.1) is 6.92 Å². The zero-order chi connectivity index (χ0) is 24.9. The lowest BCUT2D eigenvalue weighted by Crippen LogP contribution is -2.47. The molecule has 2 fully saturated rings. The Kier molecular flexibility index (Phi) is 7.90. The first kappa shape index (κ1) is 25.0. The van der Waals surface area contributed by atoms with Crippen molar-refractivity contribution < 1.29 is 0 Å². The number of aromatic nitrogens is 1. The normalized spacial score (nSPS) is 20.4. The summed E-state index contributed by atoms with van der Waals surface area (Å²) >= 11 is 0. The zero-order valence-corrected chi connectivity index (χ0v) is 21.5. The number of allylic oxidation sites excluding steroid dienone is 1. The fourth-order valence-electron chi connectivity index (χ4n) is 5.71. The van der Waals surface area contributed by atoms with Crippen molar-refractivity contribution in [3.63, 3.8) is 0 Å². The minimum absolute atomic E-state index is 0.507. The molecule has 1 aliphatic carbocycles. The lowest BCUT2D eigenvalue weighted by atomic mass is 9.88. The van der Waals surface area contributed by atoms with Gasteiger partial charge in [0.2, 0.25) is 0 Å². The maximum Gasteiger partial charge on any atom is 0.153 e. The van der Waals surface area contributed by atoms with Gasteiger partial charge in [-0.05, 0) is 59.6 Å². The van der Waals surface area contributed by atoms with Gasteiger partial charge in [0.15, 0.2) is 5.82 Å². The topological polar surface area (TPSA) is 57.8 Å². The van der Waals surface area contributed by atoms with Crippen molar-refractivity contribution in [3.05, 3.63) is 82.9 Å². The maximum absolute atomic E-state index is 5.36. The van der Waals surface area contributed by atoms with Crippen molar-refractivity contribution in [2.75, 3.05) is 19.6 Å². The van der Waals surface area contributed by atoms with E-state index in [2.05, 4.69) is 77.6 Å². The van der Waals surface area contributed by atoms with E-state index in [1.54, 1.807) is 0 Å². The molecule has 1 aromatic carbocycles. The van der Waals surface area contributed by atoms with Gasteiger partial charge >= 0.3 is 0 Å². The molecule has 3 unspecified atom stereocenters. The van der Waals surface area contributed by atoms with Crippen LogP contribution in [0.4, 0.5) is 5.82 Å². The average Bonchev–Trinajstić information content (AvgIpc) is 3.67. The predicted octanol–water partition coefficient (Wildman–Crippen LogP) is 5.38. The zero-order valence-electron chi connectivity index (χ0n) is 21.5. The lowest BCUT2D eigenvalue weighted by Gasteiger charge is -2.37. The number of hydrogen-bond acceptors (Lipinski definition) is 4. The summed E-state index contributed by atoms with van der Waals surface area (Å²) in [5, 5.41) is 0. The van der Waals surface area contributed by atoms with Crippen LogP contribution in [0.25, 0.3) is 6.08 Å². The summed E-state index contributed by atoms with van der Waals surface area (Å²) in [6.45, 7) is 18.2. The summed E-state index contributed by atoms with van der Waals surface area (Å²) in [4.78, 5) is 13.6. The van der Waals surface area contributed by atoms with Crippen LogP contribution in [-0.4, -0.2) is 52.8 Å². The Morgan fingerprint density at radius 3 is 2.77 bits per heavy atom. The molecule has 2 aromatic rings. The van der Waals surface area contributed by atoms with Crippen LogP contribution < -0.4 is 5.73 Å². The third-order valence-electron chi connectivity index (χ3n) is 7.60. The van der Waals surface area contributed by atoms with Crippen molar-refractivity contribution in [1.82, 2.24) is 14.8 Å². The van der Waals surface area contributed by atoms with Gasteiger partial charge in [-0.3, -0.25) is 4.90 Å². The molecule has 5 heteroatoms. The molecule has 0 amide bonds. The number of nitrogens with two attached hydrogens (primary N) is 1. The molecule has 0 bridgehead atoms. The number of nitrogens with zero attached hydrogens (tertiary/aromatic N) is 4. The summed E-state index contributed by atoms with van der Waals surface area (Å²) in [7, 11) is 0. The Morgan fingerprint density at radius 1 is 1.29 bits per heavy atom. The van der Waals surface area contributed by atoms with Gasteiger partial charge in [-0.2, -0.15) is 0 Å². The number of aliphatic imine (C=N–C) groups is 1. The second-order valence-corrected chi connectivity index (χ2v) is 9.86. The lowest BCUT2D eigenvalue weighted by molar-refractivity contribution is 0.147. The van der Waals surface area contributed by atoms with E-state index in [0.29, 0.717) is 23.8 Å². The second kappa shape index (κ2) is 11.1. The van der Waals surface area contributed by atoms with Gasteiger partial charge in [-0.1, -0.05) is 57.7 Å². The van der Waals surface area contributed by atoms with E-state index in [0.717, 1.165) is 44.5 Å². The molecular weight excluding hydrogens is 430 g/mol. The van der Waals surface area contributed by atoms with Crippen LogP contribution in [0.1, 0.15) is 60.4 Å². The van der Waals surface area contributed by atoms with E-state index in [-0.39, 0.29) is 0 Å². The van der Waals surface area contributed by atoms with Gasteiger partial charge in [0, 0.05) is 44.3 Å². The summed E-state index contributed by atoms with van der Waals surface area (Å²) in [6.07, 6.45) is 9.43. The van der Waals surface area contributed by atoms with Crippen molar-refractivity contribution in [3.8, 4) is 0 Å². The molecule has 184 valence electrons. The highest BCUT2D eigenvalue weighted by atomic mass is 15.4. The molecule has 1 saturated heterocycles. The molecule has 2 aliphatic rings. The molecule has 5 nitrogen and oxygen atoms in total. The van der Waals surface area contributed by atoms with Gasteiger partial charge in [-0.15, -0.1) is 5.73 Å². The van der Waals surface area contributed by atoms with Crippen LogP contribution in [0.15, 0.2) is 60.0 Å². The minimum Gasteiger partial charge on any atom is -0.390 e. The predicted molar refractivity (Wildman–Crippen MR) is 147 cm³/mol. The Labute approximate surface area is 210 Å². The molecule has 1 saturated carbocycles. The fourth-order valence-corrected chi connectivity index (χ4v) is 5.71. The Morgan fingerprint density at radius 2 is 2.11 bits per heavy atom. The van der Waals surface area contributed by atoms with E-state index in [9.17, 15) is 0 Å². The van der Waals surface area contributed by atoms with E-state index in [4.69, 9.17) is 5.73 Å². The summed E-state index contributed by atoms with van der Waals surface area (Å²) < 4.78 is 0. The highest BCUT2D eigenvalue weighted by Crippen LogP contribution is 2.40. The smallest absolute Gasteiger partial charge is 0.153 e. The molecule has 1 aromatic heterocycles. The standard InChI is InChI=1S/C30H39N5/c1-6-9-27-22(5)26(12-11-24(27)7-2)21(4)19-34-14-15-35(29-17-28(29)34)25(8-3)16-23-10-13-30(32-18-23)33-20-31/h7,10-13,18,20-21,28-29H,2-3,6,9,14-17,19H2,1,4-5H3,(H2,31,32,33). The molecule has 35 heavy (non-hydrogen) atoms. The Balaban J connectivity index is 1.39. The van der Waals surface area contributed by atoms with Crippen molar-refractivity contribution in [1.29, 1.82) is 0 Å². The summed E-state index contributed by atoms with van der Waals surface area (Å²) in [5.74, 6) is 1.13. The largest absolute Gasteiger partial charge is 0.390 e. The van der Waals surface area contributed by atoms with E-state index < -0.39 is 0 Å². The SMILES string of the molecule is C=C=C(Cc1ccc(N=CN)nc1)N1CCN(CC(C)c2ccc(C=C)c(CCC)c2C)C2CC21. The maximum atomic E-state index is 5.36. The first-order chi connectivity index (χ1) is 17.0. The number of fused-ring (bicyclic) bond motifs is 1. The number of piperazine rings is 1. The molecule has 2 heterocycles. The molecule has 3 atom stereocenters. The fraction of sp³-hybridized carbons (Fsp3) is 0.433. The van der Waals surface area contributed by atoms with Crippen LogP contribution in [0.3, 0.4) is 0 Å². The van der Waals surface area contributed by atoms with Crippen molar-refractivity contribution in [2.45, 2.75) is 64.5 Å². The molecule has 1 aliphatic heterocycles. The number of hydrogen-bond donors (Lipinski definition) is 1. The molecule has 2 N–H and O–H groups in total. The van der Waals surface area contributed by atoms with Gasteiger partial charge in [0.05, 0.1) is 12.0 Å². The first-order valence-corrected chi connectivity index (χ1v) is 12.8. The first-order valence-electron chi connectivity index (χ1n) is 12.8. The number of pyridine rings is 1. The van der Waals surface area contributed by atoms with Gasteiger partial charge in [-0.25, -0.2) is 9.98 Å². The third-order valence-corrected chi connectivity index (χ3v) is 7.60. The second-order valence-electron chi connectivity index (χ2n) is 9.86. The van der Waals surface area contributed by atoms with Gasteiger partial charge in [0.1, 0.15) is 0 Å². The highest BCUT2D eigenvalue weighted by Gasteiger charge is 2.49. The van der Waals surface area contributed by atoms with Crippen LogP contribution in [-0.2, 0) is 12.8 Å².